The first-order chi connectivity index (χ1) is 13.8. The van der Waals surface area contributed by atoms with Gasteiger partial charge in [0.2, 0.25) is 0 Å². The van der Waals surface area contributed by atoms with Crippen LogP contribution in [0, 0.1) is 13.8 Å². The first kappa shape index (κ1) is 20.9. The molecule has 0 amide bonds. The number of aryl methyl sites for hydroxylation is 1. The Kier molecular flexibility index (Phi) is 6.24. The van der Waals surface area contributed by atoms with E-state index in [1.165, 1.54) is 11.3 Å². The molecular formula is C21H24N2O5S. The van der Waals surface area contributed by atoms with Gasteiger partial charge in [0.25, 0.3) is 0 Å². The number of aromatic nitrogens is 2. The minimum atomic E-state index is -0.657. The van der Waals surface area contributed by atoms with E-state index < -0.39 is 12.1 Å². The SMILES string of the molecule is COc1ccc(-c2nc(COC(=O)c3[nH]c(C)c([C@@H](C)O)c3C)cs2)cc1OC. The van der Waals surface area contributed by atoms with Crippen LogP contribution in [0.3, 0.4) is 0 Å². The topological polar surface area (TPSA) is 93.7 Å². The second-order valence-corrected chi connectivity index (χ2v) is 7.49. The monoisotopic (exact) mass is 416 g/mol. The van der Waals surface area contributed by atoms with E-state index in [1.54, 1.807) is 28.1 Å². The van der Waals surface area contributed by atoms with Crippen molar-refractivity contribution in [2.75, 3.05) is 14.2 Å². The highest BCUT2D eigenvalue weighted by Crippen LogP contribution is 2.33. The summed E-state index contributed by atoms with van der Waals surface area (Å²) in [6.07, 6.45) is -0.657. The number of ether oxygens (including phenoxy) is 3. The number of thiazole rings is 1. The van der Waals surface area contributed by atoms with Gasteiger partial charge in [-0.25, -0.2) is 9.78 Å². The van der Waals surface area contributed by atoms with E-state index in [1.807, 2.05) is 30.5 Å². The third-order valence-electron chi connectivity index (χ3n) is 4.65. The molecule has 1 aromatic carbocycles. The lowest BCUT2D eigenvalue weighted by Crippen LogP contribution is -2.08. The lowest BCUT2D eigenvalue weighted by molar-refractivity contribution is 0.0461. The molecule has 0 bridgehead atoms. The third-order valence-corrected chi connectivity index (χ3v) is 5.59. The van der Waals surface area contributed by atoms with E-state index in [9.17, 15) is 9.90 Å². The number of aromatic amines is 1. The van der Waals surface area contributed by atoms with Crippen molar-refractivity contribution >= 4 is 17.3 Å². The number of benzene rings is 1. The highest BCUT2D eigenvalue weighted by atomic mass is 32.1. The zero-order valence-corrected chi connectivity index (χ0v) is 17.8. The van der Waals surface area contributed by atoms with Crippen molar-refractivity contribution in [1.82, 2.24) is 9.97 Å². The van der Waals surface area contributed by atoms with Crippen LogP contribution in [0.2, 0.25) is 0 Å². The maximum absolute atomic E-state index is 12.5. The number of aliphatic hydroxyl groups is 1. The number of H-pyrrole nitrogens is 1. The molecule has 7 nitrogen and oxygen atoms in total. The fourth-order valence-electron chi connectivity index (χ4n) is 3.28. The van der Waals surface area contributed by atoms with Crippen LogP contribution < -0.4 is 9.47 Å². The number of esters is 1. The summed E-state index contributed by atoms with van der Waals surface area (Å²) in [6, 6.07) is 5.58. The minimum Gasteiger partial charge on any atom is -0.493 e. The first-order valence-corrected chi connectivity index (χ1v) is 9.94. The second kappa shape index (κ2) is 8.67. The number of hydrogen-bond donors (Lipinski definition) is 2. The van der Waals surface area contributed by atoms with Crippen LogP contribution in [0.15, 0.2) is 23.6 Å². The number of nitrogens with zero attached hydrogens (tertiary/aromatic N) is 1. The maximum atomic E-state index is 12.5. The van der Waals surface area contributed by atoms with Gasteiger partial charge in [-0.3, -0.25) is 0 Å². The van der Waals surface area contributed by atoms with Crippen LogP contribution in [0.4, 0.5) is 0 Å². The molecule has 3 aromatic rings. The summed E-state index contributed by atoms with van der Waals surface area (Å²) >= 11 is 1.46. The Balaban J connectivity index is 1.71. The summed E-state index contributed by atoms with van der Waals surface area (Å²) in [5, 5.41) is 12.5. The van der Waals surface area contributed by atoms with Crippen molar-refractivity contribution in [2.45, 2.75) is 33.5 Å². The quantitative estimate of drug-likeness (QED) is 0.561. The molecule has 0 saturated carbocycles. The van der Waals surface area contributed by atoms with Crippen molar-refractivity contribution in [3.05, 3.63) is 51.8 Å². The highest BCUT2D eigenvalue weighted by Gasteiger charge is 2.21. The molecule has 0 aliphatic carbocycles. The van der Waals surface area contributed by atoms with Gasteiger partial charge in [-0.15, -0.1) is 11.3 Å². The van der Waals surface area contributed by atoms with Crippen LogP contribution in [0.5, 0.6) is 11.5 Å². The fraction of sp³-hybridized carbons (Fsp3) is 0.333. The Morgan fingerprint density at radius 3 is 2.59 bits per heavy atom. The molecule has 0 fully saturated rings. The summed E-state index contributed by atoms with van der Waals surface area (Å²) in [5.41, 5.74) is 4.09. The molecule has 0 unspecified atom stereocenters. The van der Waals surface area contributed by atoms with E-state index in [4.69, 9.17) is 14.2 Å². The average molecular weight is 416 g/mol. The van der Waals surface area contributed by atoms with E-state index in [0.29, 0.717) is 28.5 Å². The number of carbonyl (C=O) groups excluding carboxylic acids is 1. The van der Waals surface area contributed by atoms with Gasteiger partial charge in [0.1, 0.15) is 17.3 Å². The number of methoxy groups -OCH3 is 2. The van der Waals surface area contributed by atoms with Crippen LogP contribution in [-0.4, -0.2) is 35.3 Å². The summed E-state index contributed by atoms with van der Waals surface area (Å²) in [7, 11) is 3.17. The van der Waals surface area contributed by atoms with Crippen molar-refractivity contribution in [3.63, 3.8) is 0 Å². The standard InChI is InChI=1S/C21H24N2O5S/c1-11-18(13(3)24)12(2)22-19(11)21(25)28-9-15-10-29-20(23-15)14-6-7-16(26-4)17(8-14)27-5/h6-8,10,13,22,24H,9H2,1-5H3/t13-/m1/s1. The lowest BCUT2D eigenvalue weighted by atomic mass is 10.1. The van der Waals surface area contributed by atoms with E-state index >= 15 is 0 Å². The normalized spacial score (nSPS) is 11.9. The van der Waals surface area contributed by atoms with Crippen molar-refractivity contribution in [1.29, 1.82) is 0 Å². The maximum Gasteiger partial charge on any atom is 0.355 e. The summed E-state index contributed by atoms with van der Waals surface area (Å²) in [5.74, 6) is 0.799. The van der Waals surface area contributed by atoms with Gasteiger partial charge in [0.15, 0.2) is 11.5 Å². The smallest absolute Gasteiger partial charge is 0.355 e. The van der Waals surface area contributed by atoms with E-state index in [2.05, 4.69) is 9.97 Å². The molecule has 0 aliphatic rings. The van der Waals surface area contributed by atoms with Gasteiger partial charge in [-0.1, -0.05) is 0 Å². The molecule has 1 atom stereocenters. The minimum absolute atomic E-state index is 0.0597. The zero-order chi connectivity index (χ0) is 21.1. The summed E-state index contributed by atoms with van der Waals surface area (Å²) in [6.45, 7) is 5.34. The number of nitrogens with one attached hydrogen (secondary N) is 1. The summed E-state index contributed by atoms with van der Waals surface area (Å²) < 4.78 is 16.0. The van der Waals surface area contributed by atoms with Crippen molar-refractivity contribution in [2.24, 2.45) is 0 Å². The van der Waals surface area contributed by atoms with Crippen LogP contribution >= 0.6 is 11.3 Å². The Hall–Kier alpha value is -2.84. The third kappa shape index (κ3) is 4.28. The molecule has 0 aliphatic heterocycles. The molecule has 3 rings (SSSR count). The van der Waals surface area contributed by atoms with E-state index in [-0.39, 0.29) is 6.61 Å². The second-order valence-electron chi connectivity index (χ2n) is 6.63. The van der Waals surface area contributed by atoms with Crippen LogP contribution in [0.1, 0.15) is 46.0 Å². The Bertz CT molecular complexity index is 1020. The van der Waals surface area contributed by atoms with Gasteiger partial charge in [-0.05, 0) is 44.5 Å². The first-order valence-electron chi connectivity index (χ1n) is 9.06. The van der Waals surface area contributed by atoms with Crippen molar-refractivity contribution < 1.29 is 24.1 Å². The predicted octanol–water partition coefficient (Wildman–Crippen LogP) is 4.18. The average Bonchev–Trinajstić information content (AvgIpc) is 3.29. The van der Waals surface area contributed by atoms with Gasteiger partial charge in [0, 0.05) is 22.2 Å². The molecule has 2 N–H and O–H groups in total. The van der Waals surface area contributed by atoms with Gasteiger partial charge < -0.3 is 24.3 Å². The Morgan fingerprint density at radius 1 is 1.24 bits per heavy atom. The zero-order valence-electron chi connectivity index (χ0n) is 17.0. The molecule has 8 heteroatoms. The molecule has 0 radical (unpaired) electrons. The van der Waals surface area contributed by atoms with Crippen LogP contribution in [0.25, 0.3) is 10.6 Å². The Morgan fingerprint density at radius 2 is 1.97 bits per heavy atom. The van der Waals surface area contributed by atoms with Gasteiger partial charge in [-0.2, -0.15) is 0 Å². The van der Waals surface area contributed by atoms with Gasteiger partial charge in [0.05, 0.1) is 26.0 Å². The number of hydrogen-bond acceptors (Lipinski definition) is 7. The molecule has 154 valence electrons. The molecule has 2 heterocycles. The van der Waals surface area contributed by atoms with Crippen molar-refractivity contribution in [3.8, 4) is 22.1 Å². The predicted molar refractivity (Wildman–Crippen MR) is 111 cm³/mol. The Labute approximate surface area is 173 Å². The highest BCUT2D eigenvalue weighted by molar-refractivity contribution is 7.13. The molecule has 2 aromatic heterocycles. The molecule has 0 saturated heterocycles. The van der Waals surface area contributed by atoms with Gasteiger partial charge >= 0.3 is 5.97 Å². The molecular weight excluding hydrogens is 392 g/mol. The number of rotatable bonds is 7. The summed E-state index contributed by atoms with van der Waals surface area (Å²) in [4.78, 5) is 20.0. The lowest BCUT2D eigenvalue weighted by Gasteiger charge is -2.08. The largest absolute Gasteiger partial charge is 0.493 e. The molecule has 29 heavy (non-hydrogen) atoms. The van der Waals surface area contributed by atoms with E-state index in [0.717, 1.165) is 21.8 Å². The fourth-order valence-corrected chi connectivity index (χ4v) is 4.08. The van der Waals surface area contributed by atoms with Crippen LogP contribution in [-0.2, 0) is 11.3 Å². The number of carbonyl (C=O) groups is 1. The molecule has 0 spiro atoms. The number of aliphatic hydroxyl groups excluding tert-OH is 1.